The van der Waals surface area contributed by atoms with Gasteiger partial charge in [0.15, 0.2) is 0 Å². The van der Waals surface area contributed by atoms with Gasteiger partial charge in [0.2, 0.25) is 0 Å². The average Bonchev–Trinajstić information content (AvgIpc) is 3.05. The number of fused-ring (bicyclic) bond motifs is 1. The van der Waals surface area contributed by atoms with E-state index >= 15 is 0 Å². The van der Waals surface area contributed by atoms with Crippen LogP contribution in [-0.4, -0.2) is 37.7 Å². The number of sulfonamides is 1. The molecule has 0 spiro atoms. The van der Waals surface area contributed by atoms with Crippen molar-refractivity contribution in [1.29, 1.82) is 0 Å². The number of rotatable bonds is 6. The number of nitrogens with one attached hydrogen (secondary N) is 1. The van der Waals surface area contributed by atoms with Crippen LogP contribution in [0.3, 0.4) is 0 Å². The number of hydrogen-bond acceptors (Lipinski definition) is 6. The zero-order valence-corrected chi connectivity index (χ0v) is 15.0. The van der Waals surface area contributed by atoms with Crippen molar-refractivity contribution in [2.24, 2.45) is 0 Å². The summed E-state index contributed by atoms with van der Waals surface area (Å²) in [4.78, 5) is 12.0. The van der Waals surface area contributed by atoms with Gasteiger partial charge in [-0.3, -0.25) is 4.72 Å². The minimum Gasteiger partial charge on any atom is -0.495 e. The van der Waals surface area contributed by atoms with Crippen molar-refractivity contribution in [3.63, 3.8) is 0 Å². The van der Waals surface area contributed by atoms with Gasteiger partial charge in [0.1, 0.15) is 16.2 Å². The summed E-state index contributed by atoms with van der Waals surface area (Å²) in [6.07, 6.45) is 2.93. The van der Waals surface area contributed by atoms with Crippen molar-refractivity contribution in [2.45, 2.75) is 11.8 Å². The summed E-state index contributed by atoms with van der Waals surface area (Å²) in [6, 6.07) is 9.36. The molecule has 0 aliphatic carbocycles. The maximum absolute atomic E-state index is 12.7. The Bertz CT molecular complexity index is 1060. The van der Waals surface area contributed by atoms with Crippen molar-refractivity contribution in [3.8, 4) is 5.75 Å². The summed E-state index contributed by atoms with van der Waals surface area (Å²) < 4.78 is 39.4. The van der Waals surface area contributed by atoms with E-state index in [0.29, 0.717) is 5.52 Å². The number of methoxy groups -OCH3 is 1. The number of ether oxygens (including phenoxy) is 2. The first kappa shape index (κ1) is 17.7. The van der Waals surface area contributed by atoms with Crippen molar-refractivity contribution >= 4 is 27.2 Å². The number of aromatic nitrogens is 2. The highest BCUT2D eigenvalue weighted by Gasteiger charge is 2.20. The molecule has 0 fully saturated rings. The van der Waals surface area contributed by atoms with Crippen LogP contribution in [0.15, 0.2) is 53.7 Å². The number of benzene rings is 1. The number of esters is 1. The van der Waals surface area contributed by atoms with Gasteiger partial charge in [0, 0.05) is 6.20 Å². The van der Waals surface area contributed by atoms with Gasteiger partial charge in [-0.2, -0.15) is 5.10 Å². The van der Waals surface area contributed by atoms with E-state index in [1.165, 1.54) is 30.0 Å². The first-order chi connectivity index (χ1) is 12.5. The Balaban J connectivity index is 1.98. The molecular formula is C17H17N3O5S. The summed E-state index contributed by atoms with van der Waals surface area (Å²) in [6.45, 7) is 1.94. The molecule has 136 valence electrons. The van der Waals surface area contributed by atoms with Crippen molar-refractivity contribution in [1.82, 2.24) is 9.61 Å². The highest BCUT2D eigenvalue weighted by atomic mass is 32.2. The fourth-order valence-electron chi connectivity index (χ4n) is 2.46. The van der Waals surface area contributed by atoms with Gasteiger partial charge in [-0.1, -0.05) is 12.1 Å². The van der Waals surface area contributed by atoms with Gasteiger partial charge in [-0.25, -0.2) is 17.7 Å². The van der Waals surface area contributed by atoms with E-state index in [2.05, 4.69) is 9.82 Å². The van der Waals surface area contributed by atoms with Gasteiger partial charge >= 0.3 is 5.97 Å². The number of nitrogens with zero attached hydrogens (tertiary/aromatic N) is 2. The van der Waals surface area contributed by atoms with Crippen LogP contribution in [0.2, 0.25) is 0 Å². The van der Waals surface area contributed by atoms with Crippen LogP contribution in [-0.2, 0) is 14.8 Å². The molecule has 0 saturated carbocycles. The molecule has 0 saturated heterocycles. The molecule has 3 aromatic rings. The molecule has 0 atom stereocenters. The van der Waals surface area contributed by atoms with Crippen LogP contribution in [0.25, 0.3) is 5.52 Å². The Morgan fingerprint density at radius 3 is 2.77 bits per heavy atom. The lowest BCUT2D eigenvalue weighted by Crippen LogP contribution is -2.14. The second kappa shape index (κ2) is 7.04. The molecule has 0 amide bonds. The van der Waals surface area contributed by atoms with E-state index in [4.69, 9.17) is 9.47 Å². The maximum Gasteiger partial charge on any atom is 0.341 e. The predicted molar refractivity (Wildman–Crippen MR) is 95.0 cm³/mol. The Hall–Kier alpha value is -3.07. The number of pyridine rings is 1. The fraction of sp³-hybridized carbons (Fsp3) is 0.176. The van der Waals surface area contributed by atoms with Crippen LogP contribution >= 0.6 is 0 Å². The molecule has 2 heterocycles. The Labute approximate surface area is 150 Å². The molecule has 26 heavy (non-hydrogen) atoms. The summed E-state index contributed by atoms with van der Waals surface area (Å²) >= 11 is 0. The van der Waals surface area contributed by atoms with Crippen LogP contribution < -0.4 is 9.46 Å². The number of hydrogen-bond donors (Lipinski definition) is 1. The predicted octanol–water partition coefficient (Wildman–Crippen LogP) is 2.32. The third-order valence-electron chi connectivity index (χ3n) is 3.63. The summed E-state index contributed by atoms with van der Waals surface area (Å²) in [5, 5.41) is 4.06. The van der Waals surface area contributed by atoms with Gasteiger partial charge in [0.25, 0.3) is 10.0 Å². The number of para-hydroxylation sites is 1. The third kappa shape index (κ3) is 3.33. The Kier molecular flexibility index (Phi) is 4.81. The fourth-order valence-corrected chi connectivity index (χ4v) is 3.68. The van der Waals surface area contributed by atoms with E-state index in [1.54, 1.807) is 37.4 Å². The molecule has 0 aliphatic heterocycles. The lowest BCUT2D eigenvalue weighted by atomic mass is 10.2. The molecule has 0 unspecified atom stereocenters. The van der Waals surface area contributed by atoms with Crippen LogP contribution in [0.1, 0.15) is 17.3 Å². The molecule has 1 aromatic carbocycles. The Morgan fingerprint density at radius 2 is 2.04 bits per heavy atom. The lowest BCUT2D eigenvalue weighted by Gasteiger charge is -2.11. The van der Waals surface area contributed by atoms with Crippen molar-refractivity contribution in [3.05, 3.63) is 54.4 Å². The molecule has 0 radical (unpaired) electrons. The second-order valence-corrected chi connectivity index (χ2v) is 6.93. The van der Waals surface area contributed by atoms with Crippen LogP contribution in [0, 0.1) is 0 Å². The smallest absolute Gasteiger partial charge is 0.341 e. The molecule has 0 aliphatic rings. The van der Waals surface area contributed by atoms with E-state index in [-0.39, 0.29) is 28.5 Å². The monoisotopic (exact) mass is 375 g/mol. The van der Waals surface area contributed by atoms with E-state index < -0.39 is 16.0 Å². The Morgan fingerprint density at radius 1 is 1.27 bits per heavy atom. The molecule has 3 rings (SSSR count). The summed E-state index contributed by atoms with van der Waals surface area (Å²) in [5.41, 5.74) is 0.975. The number of carbonyl (C=O) groups excluding carboxylic acids is 1. The van der Waals surface area contributed by atoms with Crippen molar-refractivity contribution in [2.75, 3.05) is 18.4 Å². The third-order valence-corrected chi connectivity index (χ3v) is 5.05. The minimum atomic E-state index is -3.87. The highest BCUT2D eigenvalue weighted by Crippen LogP contribution is 2.26. The SMILES string of the molecule is CCOC(=O)c1cnn2ccc(NS(=O)(=O)c3ccccc3OC)cc12. The van der Waals surface area contributed by atoms with Gasteiger partial charge < -0.3 is 9.47 Å². The quantitative estimate of drug-likeness (QED) is 0.664. The first-order valence-electron chi connectivity index (χ1n) is 7.76. The normalized spacial score (nSPS) is 11.3. The molecule has 8 nitrogen and oxygen atoms in total. The largest absolute Gasteiger partial charge is 0.495 e. The molecular weight excluding hydrogens is 358 g/mol. The van der Waals surface area contributed by atoms with Crippen molar-refractivity contribution < 1.29 is 22.7 Å². The zero-order valence-electron chi connectivity index (χ0n) is 14.2. The summed E-state index contributed by atoms with van der Waals surface area (Å²) in [5.74, 6) is -0.287. The molecule has 9 heteroatoms. The van der Waals surface area contributed by atoms with E-state index in [9.17, 15) is 13.2 Å². The standard InChI is InChI=1S/C17H17N3O5S/c1-3-25-17(21)13-11-18-20-9-8-12(10-14(13)20)19-26(22,23)16-7-5-4-6-15(16)24-2/h4-11,19H,3H2,1-2H3. The number of carbonyl (C=O) groups is 1. The lowest BCUT2D eigenvalue weighted by molar-refractivity contribution is 0.0528. The molecule has 2 aromatic heterocycles. The van der Waals surface area contributed by atoms with E-state index in [0.717, 1.165) is 0 Å². The zero-order chi connectivity index (χ0) is 18.7. The maximum atomic E-state index is 12.7. The highest BCUT2D eigenvalue weighted by molar-refractivity contribution is 7.92. The minimum absolute atomic E-state index is 0.0153. The van der Waals surface area contributed by atoms with E-state index in [1.807, 2.05) is 0 Å². The molecule has 1 N–H and O–H groups in total. The molecule has 0 bridgehead atoms. The number of anilines is 1. The topological polar surface area (TPSA) is 99.0 Å². The van der Waals surface area contributed by atoms with Gasteiger partial charge in [-0.05, 0) is 31.2 Å². The van der Waals surface area contributed by atoms with Crippen LogP contribution in [0.5, 0.6) is 5.75 Å². The van der Waals surface area contributed by atoms with Gasteiger partial charge in [-0.15, -0.1) is 0 Å². The van der Waals surface area contributed by atoms with Gasteiger partial charge in [0.05, 0.1) is 31.1 Å². The summed E-state index contributed by atoms with van der Waals surface area (Å²) in [7, 11) is -2.47. The average molecular weight is 375 g/mol. The second-order valence-electron chi connectivity index (χ2n) is 5.28. The first-order valence-corrected chi connectivity index (χ1v) is 9.25. The van der Waals surface area contributed by atoms with Crippen LogP contribution in [0.4, 0.5) is 5.69 Å².